The molecule has 12 heteroatoms. The predicted molar refractivity (Wildman–Crippen MR) is 78.2 cm³/mol. The second-order valence-corrected chi connectivity index (χ2v) is 8.08. The molecule has 1 aromatic rings. The SMILES string of the molecule is Cc1ncc(COP(=O)(O)O)c(CNC2(P(=O)(O)O)C=C2)c1O. The number of hydrogen-bond acceptors (Lipinski definition) is 6. The minimum atomic E-state index is -4.71. The number of hydrogen-bond donors (Lipinski definition) is 6. The van der Waals surface area contributed by atoms with Gasteiger partial charge in [-0.05, 0) is 19.1 Å². The Kier molecular flexibility index (Phi) is 4.83. The number of nitrogens with zero attached hydrogens (tertiary/aromatic N) is 1. The average Bonchev–Trinajstić information content (AvgIpc) is 3.18. The Morgan fingerprint density at radius 2 is 1.87 bits per heavy atom. The second kappa shape index (κ2) is 6.08. The van der Waals surface area contributed by atoms with Crippen molar-refractivity contribution in [2.24, 2.45) is 0 Å². The molecule has 0 amide bonds. The van der Waals surface area contributed by atoms with Crippen molar-refractivity contribution in [1.82, 2.24) is 10.3 Å². The largest absolute Gasteiger partial charge is 0.506 e. The van der Waals surface area contributed by atoms with Crippen LogP contribution >= 0.6 is 15.4 Å². The summed E-state index contributed by atoms with van der Waals surface area (Å²) in [6.45, 7) is 0.839. The van der Waals surface area contributed by atoms with Crippen molar-refractivity contribution < 1.29 is 38.3 Å². The molecule has 6 N–H and O–H groups in total. The van der Waals surface area contributed by atoms with Crippen molar-refractivity contribution >= 4 is 15.4 Å². The molecule has 0 radical (unpaired) electrons. The first-order valence-corrected chi connectivity index (χ1v) is 9.47. The van der Waals surface area contributed by atoms with Gasteiger partial charge in [-0.25, -0.2) is 4.57 Å². The molecule has 23 heavy (non-hydrogen) atoms. The van der Waals surface area contributed by atoms with Crippen LogP contribution in [-0.4, -0.2) is 34.9 Å². The van der Waals surface area contributed by atoms with Crippen molar-refractivity contribution in [3.8, 4) is 5.75 Å². The van der Waals surface area contributed by atoms with Crippen molar-refractivity contribution in [2.45, 2.75) is 25.4 Å². The molecule has 0 aromatic carbocycles. The molecule has 0 spiro atoms. The lowest BCUT2D eigenvalue weighted by molar-refractivity contribution is 0.188. The Bertz CT molecular complexity index is 732. The van der Waals surface area contributed by atoms with Gasteiger partial charge in [0.1, 0.15) is 5.75 Å². The molecule has 0 aliphatic heterocycles. The van der Waals surface area contributed by atoms with Gasteiger partial charge in [-0.1, -0.05) is 0 Å². The third-order valence-electron chi connectivity index (χ3n) is 3.33. The highest BCUT2D eigenvalue weighted by molar-refractivity contribution is 7.54. The number of aryl methyl sites for hydroxylation is 1. The van der Waals surface area contributed by atoms with Crippen molar-refractivity contribution in [3.63, 3.8) is 0 Å². The van der Waals surface area contributed by atoms with E-state index in [4.69, 9.17) is 9.79 Å². The van der Waals surface area contributed by atoms with Crippen LogP contribution in [0.4, 0.5) is 0 Å². The van der Waals surface area contributed by atoms with Gasteiger partial charge in [0.05, 0.1) is 12.3 Å². The van der Waals surface area contributed by atoms with Gasteiger partial charge in [0, 0.05) is 23.9 Å². The molecular formula is C11H16N2O8P2. The van der Waals surface area contributed by atoms with Crippen LogP contribution in [0.5, 0.6) is 5.75 Å². The third-order valence-corrected chi connectivity index (χ3v) is 5.22. The topological polar surface area (TPSA) is 169 Å². The van der Waals surface area contributed by atoms with Gasteiger partial charge in [-0.2, -0.15) is 0 Å². The molecule has 1 aliphatic rings. The van der Waals surface area contributed by atoms with Crippen LogP contribution in [0.25, 0.3) is 0 Å². The number of aromatic nitrogens is 1. The molecule has 0 saturated carbocycles. The summed E-state index contributed by atoms with van der Waals surface area (Å²) in [5, 5.41) is 11.1. The third kappa shape index (κ3) is 4.26. The van der Waals surface area contributed by atoms with E-state index in [-0.39, 0.29) is 29.1 Å². The molecule has 0 unspecified atom stereocenters. The van der Waals surface area contributed by atoms with Gasteiger partial charge in [0.15, 0.2) is 5.28 Å². The molecular weight excluding hydrogens is 350 g/mol. The van der Waals surface area contributed by atoms with Crippen LogP contribution in [0, 0.1) is 6.92 Å². The maximum atomic E-state index is 11.4. The second-order valence-electron chi connectivity index (χ2n) is 5.02. The minimum absolute atomic E-state index is 0.160. The van der Waals surface area contributed by atoms with E-state index in [0.717, 1.165) is 0 Å². The van der Waals surface area contributed by atoms with Gasteiger partial charge in [-0.15, -0.1) is 0 Å². The lowest BCUT2D eigenvalue weighted by atomic mass is 10.1. The first-order valence-electron chi connectivity index (χ1n) is 6.33. The number of aromatic hydroxyl groups is 1. The van der Waals surface area contributed by atoms with E-state index in [2.05, 4.69) is 14.8 Å². The Morgan fingerprint density at radius 1 is 1.26 bits per heavy atom. The fraction of sp³-hybridized carbons (Fsp3) is 0.364. The Balaban J connectivity index is 2.21. The molecule has 2 rings (SSSR count). The number of pyridine rings is 1. The van der Waals surface area contributed by atoms with E-state index >= 15 is 0 Å². The first-order chi connectivity index (χ1) is 10.5. The van der Waals surface area contributed by atoms with E-state index in [1.165, 1.54) is 25.3 Å². The van der Waals surface area contributed by atoms with Crippen LogP contribution < -0.4 is 5.32 Å². The van der Waals surface area contributed by atoms with Crippen LogP contribution in [0.2, 0.25) is 0 Å². The smallest absolute Gasteiger partial charge is 0.469 e. The lowest BCUT2D eigenvalue weighted by Gasteiger charge is -2.21. The average molecular weight is 366 g/mol. The van der Waals surface area contributed by atoms with Crippen molar-refractivity contribution in [3.05, 3.63) is 35.2 Å². The van der Waals surface area contributed by atoms with Crippen LogP contribution in [0.15, 0.2) is 18.3 Å². The molecule has 0 bridgehead atoms. The van der Waals surface area contributed by atoms with E-state index in [1.807, 2.05) is 0 Å². The molecule has 0 saturated heterocycles. The van der Waals surface area contributed by atoms with Gasteiger partial charge < -0.3 is 24.7 Å². The summed E-state index contributed by atoms with van der Waals surface area (Å²) in [5.41, 5.74) is 0.633. The summed E-state index contributed by atoms with van der Waals surface area (Å²) >= 11 is 0. The van der Waals surface area contributed by atoms with Crippen molar-refractivity contribution in [2.75, 3.05) is 0 Å². The molecule has 1 aromatic heterocycles. The molecule has 128 valence electrons. The zero-order chi connectivity index (χ0) is 17.5. The van der Waals surface area contributed by atoms with E-state index in [9.17, 15) is 24.0 Å². The highest BCUT2D eigenvalue weighted by atomic mass is 31.2. The number of nitrogens with one attached hydrogen (secondary N) is 1. The minimum Gasteiger partial charge on any atom is -0.506 e. The number of rotatable bonds is 7. The molecule has 10 nitrogen and oxygen atoms in total. The summed E-state index contributed by atoms with van der Waals surface area (Å²) in [5.74, 6) is -0.245. The summed E-state index contributed by atoms with van der Waals surface area (Å²) in [6, 6.07) is 0. The fourth-order valence-electron chi connectivity index (χ4n) is 1.88. The van der Waals surface area contributed by atoms with E-state index in [0.29, 0.717) is 0 Å². The quantitative estimate of drug-likeness (QED) is 0.290. The van der Waals surface area contributed by atoms with Crippen LogP contribution in [-0.2, 0) is 26.8 Å². The van der Waals surface area contributed by atoms with E-state index in [1.54, 1.807) is 0 Å². The zero-order valence-electron chi connectivity index (χ0n) is 11.9. The monoisotopic (exact) mass is 366 g/mol. The zero-order valence-corrected chi connectivity index (χ0v) is 13.7. The fourth-order valence-corrected chi connectivity index (χ4v) is 2.94. The Morgan fingerprint density at radius 3 is 2.35 bits per heavy atom. The number of phosphoric acid groups is 1. The normalized spacial score (nSPS) is 16.6. The van der Waals surface area contributed by atoms with Crippen molar-refractivity contribution in [1.29, 1.82) is 0 Å². The summed E-state index contributed by atoms with van der Waals surface area (Å²) < 4.78 is 26.6. The van der Waals surface area contributed by atoms with Crippen LogP contribution in [0.1, 0.15) is 16.8 Å². The van der Waals surface area contributed by atoms with Crippen LogP contribution in [0.3, 0.4) is 0 Å². The Hall–Kier alpha value is -1.09. The molecule has 1 aliphatic carbocycles. The first kappa shape index (κ1) is 18.3. The maximum Gasteiger partial charge on any atom is 0.469 e. The highest BCUT2D eigenvalue weighted by Crippen LogP contribution is 2.57. The van der Waals surface area contributed by atoms with Gasteiger partial charge in [0.25, 0.3) is 0 Å². The predicted octanol–water partition coefficient (Wildman–Crippen LogP) is 0.238. The van der Waals surface area contributed by atoms with E-state index < -0.39 is 27.3 Å². The number of phosphoric ester groups is 1. The lowest BCUT2D eigenvalue weighted by Crippen LogP contribution is -2.32. The molecule has 0 fully saturated rings. The summed E-state index contributed by atoms with van der Waals surface area (Å²) in [6.07, 6.45) is 3.86. The van der Waals surface area contributed by atoms with Gasteiger partial charge >= 0.3 is 15.4 Å². The molecule has 1 heterocycles. The van der Waals surface area contributed by atoms with Gasteiger partial charge in [0.2, 0.25) is 0 Å². The standard InChI is InChI=1S/C11H16N2O8P2/c1-7-10(14)9(5-13-11(2-3-11)22(15,16)17)8(4-12-7)6-21-23(18,19)20/h2-4,13-14H,5-6H2,1H3,(H2,15,16,17)(H2,18,19,20). The summed E-state index contributed by atoms with van der Waals surface area (Å²) in [7, 11) is -9.16. The molecule has 0 atom stereocenters. The maximum absolute atomic E-state index is 11.4. The Labute approximate surface area is 131 Å². The summed E-state index contributed by atoms with van der Waals surface area (Å²) in [4.78, 5) is 39.9. The highest BCUT2D eigenvalue weighted by Gasteiger charge is 2.50. The van der Waals surface area contributed by atoms with Gasteiger partial charge in [-0.3, -0.25) is 19.4 Å².